The van der Waals surface area contributed by atoms with Crippen LogP contribution in [0.1, 0.15) is 20.8 Å². The number of rotatable bonds is 4. The zero-order chi connectivity index (χ0) is 17.1. The van der Waals surface area contributed by atoms with Crippen LogP contribution in [-0.2, 0) is 7.05 Å². The van der Waals surface area contributed by atoms with Gasteiger partial charge in [0, 0.05) is 18.9 Å². The number of nitrogens with one attached hydrogen (secondary N) is 1. The van der Waals surface area contributed by atoms with Crippen molar-refractivity contribution in [2.24, 2.45) is 7.05 Å². The number of carboxylic acid groups (broad SMARTS) is 1. The highest BCUT2D eigenvalue weighted by Gasteiger charge is 2.20. The summed E-state index contributed by atoms with van der Waals surface area (Å²) in [5.41, 5.74) is 2.45. The first-order valence-corrected chi connectivity index (χ1v) is 7.28. The third-order valence-electron chi connectivity index (χ3n) is 3.53. The van der Waals surface area contributed by atoms with Crippen molar-refractivity contribution in [1.29, 1.82) is 0 Å². The van der Waals surface area contributed by atoms with Gasteiger partial charge in [0.1, 0.15) is 0 Å². The largest absolute Gasteiger partial charge is 0.476 e. The molecule has 24 heavy (non-hydrogen) atoms. The molecule has 1 heterocycles. The molecule has 0 aliphatic heterocycles. The molecular weight excluding hydrogens is 306 g/mol. The number of amides is 1. The van der Waals surface area contributed by atoms with Crippen molar-refractivity contribution in [2.45, 2.75) is 0 Å². The first-order valence-electron chi connectivity index (χ1n) is 7.28. The van der Waals surface area contributed by atoms with Crippen molar-refractivity contribution >= 4 is 17.6 Å². The second-order valence-electron chi connectivity index (χ2n) is 5.27. The maximum absolute atomic E-state index is 12.3. The molecule has 2 N–H and O–H groups in total. The number of aromatic nitrogens is 2. The van der Waals surface area contributed by atoms with Crippen LogP contribution in [0.2, 0.25) is 0 Å². The fourth-order valence-corrected chi connectivity index (χ4v) is 2.39. The van der Waals surface area contributed by atoms with Crippen LogP contribution >= 0.6 is 0 Å². The summed E-state index contributed by atoms with van der Waals surface area (Å²) in [5.74, 6) is -1.74. The lowest BCUT2D eigenvalue weighted by Crippen LogP contribution is -2.15. The normalized spacial score (nSPS) is 10.4. The van der Waals surface area contributed by atoms with E-state index in [1.54, 1.807) is 19.2 Å². The fourth-order valence-electron chi connectivity index (χ4n) is 2.39. The SMILES string of the molecule is Cn1cc(C(=O)Nc2ccc(-c3ccccc3)cc2)c(C(=O)O)n1. The molecule has 6 nitrogen and oxygen atoms in total. The Morgan fingerprint density at radius 2 is 1.62 bits per heavy atom. The number of nitrogens with zero attached hydrogens (tertiary/aromatic N) is 2. The zero-order valence-corrected chi connectivity index (χ0v) is 12.9. The molecule has 3 aromatic rings. The number of aryl methyl sites for hydroxylation is 1. The van der Waals surface area contributed by atoms with E-state index >= 15 is 0 Å². The Balaban J connectivity index is 1.79. The van der Waals surface area contributed by atoms with Gasteiger partial charge in [0.2, 0.25) is 0 Å². The fraction of sp³-hybridized carbons (Fsp3) is 0.0556. The summed E-state index contributed by atoms with van der Waals surface area (Å²) < 4.78 is 1.30. The Kier molecular flexibility index (Phi) is 4.11. The predicted molar refractivity (Wildman–Crippen MR) is 90.0 cm³/mol. The summed E-state index contributed by atoms with van der Waals surface area (Å²) in [5, 5.41) is 15.6. The Labute approximate surface area is 138 Å². The van der Waals surface area contributed by atoms with Crippen molar-refractivity contribution in [3.05, 3.63) is 72.1 Å². The molecule has 2 aromatic carbocycles. The van der Waals surface area contributed by atoms with Crippen LogP contribution < -0.4 is 5.32 Å². The molecule has 0 bridgehead atoms. The van der Waals surface area contributed by atoms with E-state index in [9.17, 15) is 9.59 Å². The third kappa shape index (κ3) is 3.17. The summed E-state index contributed by atoms with van der Waals surface area (Å²) in [6, 6.07) is 17.2. The Morgan fingerprint density at radius 3 is 2.25 bits per heavy atom. The van der Waals surface area contributed by atoms with Gasteiger partial charge in [-0.05, 0) is 23.3 Å². The highest BCUT2D eigenvalue weighted by atomic mass is 16.4. The minimum atomic E-state index is -1.24. The Morgan fingerprint density at radius 1 is 1.00 bits per heavy atom. The molecule has 0 unspecified atom stereocenters. The van der Waals surface area contributed by atoms with Crippen molar-refractivity contribution in [2.75, 3.05) is 5.32 Å². The highest BCUT2D eigenvalue weighted by Crippen LogP contribution is 2.21. The first kappa shape index (κ1) is 15.5. The van der Waals surface area contributed by atoms with E-state index < -0.39 is 11.9 Å². The van der Waals surface area contributed by atoms with Crippen LogP contribution in [0.3, 0.4) is 0 Å². The lowest BCUT2D eigenvalue weighted by atomic mass is 10.1. The molecule has 120 valence electrons. The van der Waals surface area contributed by atoms with Gasteiger partial charge < -0.3 is 10.4 Å². The second-order valence-corrected chi connectivity index (χ2v) is 5.27. The van der Waals surface area contributed by atoms with Gasteiger partial charge in [0.25, 0.3) is 5.91 Å². The van der Waals surface area contributed by atoms with Crippen molar-refractivity contribution in [3.63, 3.8) is 0 Å². The standard InChI is InChI=1S/C18H15N3O3/c1-21-11-15(16(20-21)18(23)24)17(22)19-14-9-7-13(8-10-14)12-5-3-2-4-6-12/h2-11H,1H3,(H,19,22)(H,23,24). The highest BCUT2D eigenvalue weighted by molar-refractivity contribution is 6.09. The van der Waals surface area contributed by atoms with Crippen molar-refractivity contribution in [3.8, 4) is 11.1 Å². The third-order valence-corrected chi connectivity index (χ3v) is 3.53. The smallest absolute Gasteiger partial charge is 0.357 e. The Hall–Kier alpha value is -3.41. The monoisotopic (exact) mass is 321 g/mol. The average molecular weight is 321 g/mol. The molecule has 1 amide bonds. The lowest BCUT2D eigenvalue weighted by Gasteiger charge is -2.06. The molecule has 0 spiro atoms. The Bertz CT molecular complexity index is 884. The molecule has 0 atom stereocenters. The van der Waals surface area contributed by atoms with Crippen LogP contribution in [0, 0.1) is 0 Å². The van der Waals surface area contributed by atoms with E-state index in [4.69, 9.17) is 5.11 Å². The number of hydrogen-bond acceptors (Lipinski definition) is 3. The number of aromatic carboxylic acids is 1. The second kappa shape index (κ2) is 6.37. The summed E-state index contributed by atoms with van der Waals surface area (Å²) in [4.78, 5) is 23.4. The minimum Gasteiger partial charge on any atom is -0.476 e. The van der Waals surface area contributed by atoms with Gasteiger partial charge in [-0.2, -0.15) is 5.10 Å². The van der Waals surface area contributed by atoms with Gasteiger partial charge in [-0.25, -0.2) is 4.79 Å². The minimum absolute atomic E-state index is 0.0251. The molecule has 3 rings (SSSR count). The van der Waals surface area contributed by atoms with Crippen molar-refractivity contribution in [1.82, 2.24) is 9.78 Å². The maximum atomic E-state index is 12.3. The van der Waals surface area contributed by atoms with Gasteiger partial charge in [-0.15, -0.1) is 0 Å². The maximum Gasteiger partial charge on any atom is 0.357 e. The van der Waals surface area contributed by atoms with E-state index in [1.165, 1.54) is 10.9 Å². The molecule has 0 fully saturated rings. The number of carbonyl (C=O) groups excluding carboxylic acids is 1. The summed E-state index contributed by atoms with van der Waals surface area (Å²) in [6.07, 6.45) is 1.39. The van der Waals surface area contributed by atoms with Gasteiger partial charge in [0.15, 0.2) is 5.69 Å². The van der Waals surface area contributed by atoms with E-state index in [2.05, 4.69) is 10.4 Å². The zero-order valence-electron chi connectivity index (χ0n) is 12.9. The molecular formula is C18H15N3O3. The van der Waals surface area contributed by atoms with Crippen LogP contribution in [0.15, 0.2) is 60.8 Å². The average Bonchev–Trinajstić information content (AvgIpc) is 2.99. The van der Waals surface area contributed by atoms with Gasteiger partial charge in [-0.3, -0.25) is 9.48 Å². The van der Waals surface area contributed by atoms with Gasteiger partial charge in [-0.1, -0.05) is 42.5 Å². The van der Waals surface area contributed by atoms with Crippen LogP contribution in [-0.4, -0.2) is 26.8 Å². The van der Waals surface area contributed by atoms with E-state index in [0.29, 0.717) is 5.69 Å². The molecule has 0 saturated heterocycles. The van der Waals surface area contributed by atoms with E-state index in [1.807, 2.05) is 42.5 Å². The van der Waals surface area contributed by atoms with Gasteiger partial charge >= 0.3 is 5.97 Å². The number of carbonyl (C=O) groups is 2. The molecule has 1 aromatic heterocycles. The molecule has 0 saturated carbocycles. The van der Waals surface area contributed by atoms with Crippen LogP contribution in [0.4, 0.5) is 5.69 Å². The molecule has 0 aliphatic rings. The summed E-state index contributed by atoms with van der Waals surface area (Å²) >= 11 is 0. The van der Waals surface area contributed by atoms with Gasteiger partial charge in [0.05, 0.1) is 5.56 Å². The number of hydrogen-bond donors (Lipinski definition) is 2. The lowest BCUT2D eigenvalue weighted by molar-refractivity contribution is 0.0685. The van der Waals surface area contributed by atoms with E-state index in [0.717, 1.165) is 11.1 Å². The molecule has 0 aliphatic carbocycles. The quantitative estimate of drug-likeness (QED) is 0.773. The van der Waals surface area contributed by atoms with E-state index in [-0.39, 0.29) is 11.3 Å². The van der Waals surface area contributed by atoms with Crippen LogP contribution in [0.5, 0.6) is 0 Å². The topological polar surface area (TPSA) is 84.2 Å². The molecule has 0 radical (unpaired) electrons. The van der Waals surface area contributed by atoms with Crippen LogP contribution in [0.25, 0.3) is 11.1 Å². The number of benzene rings is 2. The first-order chi connectivity index (χ1) is 11.5. The number of carboxylic acids is 1. The predicted octanol–water partition coefficient (Wildman–Crippen LogP) is 3.04. The summed E-state index contributed by atoms with van der Waals surface area (Å²) in [6.45, 7) is 0. The van der Waals surface area contributed by atoms with Crippen molar-refractivity contribution < 1.29 is 14.7 Å². The summed E-state index contributed by atoms with van der Waals surface area (Å²) in [7, 11) is 1.57. The number of anilines is 1. The molecule has 6 heteroatoms.